The number of aryl methyl sites for hydroxylation is 2. The summed E-state index contributed by atoms with van der Waals surface area (Å²) in [6.07, 6.45) is -0.595. The summed E-state index contributed by atoms with van der Waals surface area (Å²) < 4.78 is 0. The molecule has 1 saturated heterocycles. The highest BCUT2D eigenvalue weighted by Gasteiger charge is 2.16. The number of carboxylic acid groups (broad SMARTS) is 2. The first-order valence-electron chi connectivity index (χ1n) is 9.92. The number of hydrogen-bond donors (Lipinski definition) is 2. The number of benzene rings is 2. The summed E-state index contributed by atoms with van der Waals surface area (Å²) in [6.45, 7) is 9.04. The molecule has 0 radical (unpaired) electrons. The number of rotatable bonds is 6. The molecule has 178 valence electrons. The Hall–Kier alpha value is -2.63. The maximum Gasteiger partial charge on any atom is 0.130 e. The highest BCUT2D eigenvalue weighted by Crippen LogP contribution is 2.37. The van der Waals surface area contributed by atoms with Gasteiger partial charge in [0.05, 0.1) is 37.8 Å². The van der Waals surface area contributed by atoms with Gasteiger partial charge in [-0.15, -0.1) is 0 Å². The Morgan fingerprint density at radius 1 is 1.06 bits per heavy atom. The molecule has 10 heteroatoms. The van der Waals surface area contributed by atoms with Gasteiger partial charge in [0.25, 0.3) is 0 Å². The molecular weight excluding hydrogens is 434 g/mol. The number of nitrogens with two attached hydrogens (primary N) is 1. The second kappa shape index (κ2) is 14.4. The third-order valence-electron chi connectivity index (χ3n) is 4.71. The van der Waals surface area contributed by atoms with Crippen molar-refractivity contribution in [1.82, 2.24) is 0 Å². The van der Waals surface area contributed by atoms with Gasteiger partial charge < -0.3 is 46.7 Å². The first kappa shape index (κ1) is 29.4. The van der Waals surface area contributed by atoms with Crippen molar-refractivity contribution in [3.63, 3.8) is 0 Å². The second-order valence-electron chi connectivity index (χ2n) is 7.28. The SMILES string of the molecule is Cc1ccc(Sc2ccccc2N2CC[NH2+]CC2)c(C)c1.O.O.[NH3+][C@@H](CC(=O)[O-])C(=O)[O-]. The van der Waals surface area contributed by atoms with Gasteiger partial charge in [0.2, 0.25) is 0 Å². The van der Waals surface area contributed by atoms with E-state index < -0.39 is 24.4 Å². The normalized spacial score (nSPS) is 13.5. The van der Waals surface area contributed by atoms with Crippen molar-refractivity contribution in [2.45, 2.75) is 36.1 Å². The van der Waals surface area contributed by atoms with E-state index >= 15 is 0 Å². The van der Waals surface area contributed by atoms with Crippen LogP contribution in [0, 0.1) is 13.8 Å². The van der Waals surface area contributed by atoms with Crippen LogP contribution in [-0.4, -0.2) is 55.1 Å². The van der Waals surface area contributed by atoms with E-state index in [-0.39, 0.29) is 11.0 Å². The lowest BCUT2D eigenvalue weighted by Crippen LogP contribution is -2.89. The van der Waals surface area contributed by atoms with Crippen LogP contribution in [0.4, 0.5) is 5.69 Å². The number of carbonyl (C=O) groups excluding carboxylic acids is 2. The first-order valence-corrected chi connectivity index (χ1v) is 10.7. The van der Waals surface area contributed by atoms with E-state index in [1.807, 2.05) is 11.8 Å². The van der Waals surface area contributed by atoms with Crippen LogP contribution < -0.4 is 26.2 Å². The van der Waals surface area contributed by atoms with Crippen molar-refractivity contribution in [1.29, 1.82) is 0 Å². The summed E-state index contributed by atoms with van der Waals surface area (Å²) in [6, 6.07) is 14.3. The van der Waals surface area contributed by atoms with Gasteiger partial charge in [-0.1, -0.05) is 41.6 Å². The topological polar surface area (TPSA) is 191 Å². The molecule has 0 amide bonds. The molecule has 3 rings (SSSR count). The predicted octanol–water partition coefficient (Wildman–Crippen LogP) is -3.32. The van der Waals surface area contributed by atoms with Crippen LogP contribution >= 0.6 is 11.8 Å². The highest BCUT2D eigenvalue weighted by molar-refractivity contribution is 7.99. The molecule has 1 atom stereocenters. The zero-order chi connectivity index (χ0) is 22.1. The van der Waals surface area contributed by atoms with Gasteiger partial charge in [-0.25, -0.2) is 0 Å². The third-order valence-corrected chi connectivity index (χ3v) is 5.95. The molecular formula is C22H33N3O6S. The second-order valence-corrected chi connectivity index (χ2v) is 8.37. The molecule has 9 nitrogen and oxygen atoms in total. The number of anilines is 1. The van der Waals surface area contributed by atoms with Gasteiger partial charge in [0, 0.05) is 22.2 Å². The molecule has 9 N–H and O–H groups in total. The van der Waals surface area contributed by atoms with E-state index in [4.69, 9.17) is 0 Å². The number of quaternary nitrogens is 2. The van der Waals surface area contributed by atoms with Crippen molar-refractivity contribution in [3.8, 4) is 0 Å². The molecule has 1 aliphatic rings. The zero-order valence-corrected chi connectivity index (χ0v) is 19.2. The quantitative estimate of drug-likeness (QED) is 0.446. The minimum Gasteiger partial charge on any atom is -0.550 e. The van der Waals surface area contributed by atoms with Crippen molar-refractivity contribution >= 4 is 29.4 Å². The van der Waals surface area contributed by atoms with Crippen LogP contribution in [-0.2, 0) is 9.59 Å². The van der Waals surface area contributed by atoms with Crippen molar-refractivity contribution in [2.75, 3.05) is 31.1 Å². The van der Waals surface area contributed by atoms with Crippen LogP contribution in [0.25, 0.3) is 0 Å². The van der Waals surface area contributed by atoms with Gasteiger partial charge in [-0.2, -0.15) is 0 Å². The maximum absolute atomic E-state index is 9.77. The molecule has 1 aliphatic heterocycles. The molecule has 1 fully saturated rings. The Bertz CT molecular complexity index is 874. The Morgan fingerprint density at radius 3 is 2.22 bits per heavy atom. The molecule has 1 heterocycles. The monoisotopic (exact) mass is 467 g/mol. The number of hydrogen-bond acceptors (Lipinski definition) is 6. The number of carbonyl (C=O) groups is 2. The van der Waals surface area contributed by atoms with Gasteiger partial charge >= 0.3 is 0 Å². The largest absolute Gasteiger partial charge is 0.550 e. The Labute approximate surface area is 192 Å². The minimum absolute atomic E-state index is 0. The lowest BCUT2D eigenvalue weighted by Gasteiger charge is -2.29. The summed E-state index contributed by atoms with van der Waals surface area (Å²) in [7, 11) is 0. The average molecular weight is 468 g/mol. The molecule has 0 bridgehead atoms. The van der Waals surface area contributed by atoms with E-state index in [9.17, 15) is 19.8 Å². The average Bonchev–Trinajstić information content (AvgIpc) is 2.71. The number of carboxylic acids is 2. The van der Waals surface area contributed by atoms with Gasteiger partial charge in [0.15, 0.2) is 0 Å². The smallest absolute Gasteiger partial charge is 0.130 e. The Morgan fingerprint density at radius 2 is 1.69 bits per heavy atom. The van der Waals surface area contributed by atoms with Crippen molar-refractivity contribution in [3.05, 3.63) is 53.6 Å². The lowest BCUT2D eigenvalue weighted by molar-refractivity contribution is -0.655. The molecule has 2 aromatic rings. The molecule has 0 saturated carbocycles. The van der Waals surface area contributed by atoms with E-state index in [1.54, 1.807) is 0 Å². The van der Waals surface area contributed by atoms with Gasteiger partial charge in [-0.05, 0) is 37.6 Å². The molecule has 32 heavy (non-hydrogen) atoms. The van der Waals surface area contributed by atoms with Gasteiger partial charge in [0.1, 0.15) is 6.04 Å². The number of piperazine rings is 1. The molecule has 0 spiro atoms. The third kappa shape index (κ3) is 9.25. The van der Waals surface area contributed by atoms with Crippen LogP contribution in [0.3, 0.4) is 0 Å². The highest BCUT2D eigenvalue weighted by atomic mass is 32.2. The van der Waals surface area contributed by atoms with E-state index in [2.05, 4.69) is 72.3 Å². The zero-order valence-electron chi connectivity index (χ0n) is 18.4. The summed E-state index contributed by atoms with van der Waals surface area (Å²) >= 11 is 1.89. The van der Waals surface area contributed by atoms with Crippen molar-refractivity contribution < 1.29 is 41.8 Å². The first-order chi connectivity index (χ1) is 14.3. The van der Waals surface area contributed by atoms with Crippen LogP contribution in [0.2, 0.25) is 0 Å². The lowest BCUT2D eigenvalue weighted by atomic mass is 10.2. The summed E-state index contributed by atoms with van der Waals surface area (Å²) in [5, 5.41) is 21.8. The van der Waals surface area contributed by atoms with E-state index in [0.717, 1.165) is 13.1 Å². The van der Waals surface area contributed by atoms with Crippen LogP contribution in [0.5, 0.6) is 0 Å². The van der Waals surface area contributed by atoms with Crippen molar-refractivity contribution in [2.24, 2.45) is 0 Å². The Kier molecular flexibility index (Phi) is 13.2. The standard InChI is InChI=1S/C18H22N2S.C4H7NO4.2H2O/c1-14-7-8-17(15(2)13-14)21-18-6-4-3-5-16(18)20-11-9-19-10-12-20;5-2(4(8)9)1-3(6)7;;/h3-8,13,19H,9-12H2,1-2H3;2H,1,5H2,(H,6,7)(H,8,9);2*1H2/t;2-;;/m.0../s1. The predicted molar refractivity (Wildman–Crippen MR) is 119 cm³/mol. The fraction of sp³-hybridized carbons (Fsp3) is 0.364. The minimum atomic E-state index is -1.47. The summed E-state index contributed by atoms with van der Waals surface area (Å²) in [4.78, 5) is 24.7. The van der Waals surface area contributed by atoms with E-state index in [1.165, 1.54) is 39.7 Å². The fourth-order valence-electron chi connectivity index (χ4n) is 3.11. The summed E-state index contributed by atoms with van der Waals surface area (Å²) in [5.41, 5.74) is 7.07. The number of nitrogens with zero attached hydrogens (tertiary/aromatic N) is 1. The fourth-order valence-corrected chi connectivity index (χ4v) is 4.15. The summed E-state index contributed by atoms with van der Waals surface area (Å²) in [5.74, 6) is -2.90. The molecule has 0 aromatic heterocycles. The molecule has 0 aliphatic carbocycles. The number of para-hydroxylation sites is 1. The van der Waals surface area contributed by atoms with Crippen LogP contribution in [0.1, 0.15) is 17.5 Å². The van der Waals surface area contributed by atoms with E-state index in [0.29, 0.717) is 0 Å². The van der Waals surface area contributed by atoms with Crippen LogP contribution in [0.15, 0.2) is 52.3 Å². The number of aliphatic carboxylic acids is 2. The van der Waals surface area contributed by atoms with Gasteiger partial charge in [-0.3, -0.25) is 0 Å². The maximum atomic E-state index is 9.77. The Balaban J connectivity index is 0.000000756. The molecule has 2 aromatic carbocycles. The molecule has 0 unspecified atom stereocenters.